The lowest BCUT2D eigenvalue weighted by molar-refractivity contribution is -0.126. The second kappa shape index (κ2) is 5.47. The van der Waals surface area contributed by atoms with Crippen LogP contribution in [0.25, 0.3) is 0 Å². The number of rotatable bonds is 4. The predicted octanol–water partition coefficient (Wildman–Crippen LogP) is 0.670. The summed E-state index contributed by atoms with van der Waals surface area (Å²) in [6.07, 6.45) is 2.63. The fourth-order valence-corrected chi connectivity index (χ4v) is 1.71. The van der Waals surface area contributed by atoms with E-state index in [-0.39, 0.29) is 11.5 Å². The Labute approximate surface area is 91.8 Å². The molecular formula is C11H22N2O2. The number of methoxy groups -OCH3 is 1. The molecule has 1 fully saturated rings. The second-order valence-electron chi connectivity index (χ2n) is 4.75. The van der Waals surface area contributed by atoms with E-state index in [0.29, 0.717) is 12.5 Å². The van der Waals surface area contributed by atoms with Gasteiger partial charge in [0.2, 0.25) is 5.91 Å². The Kier molecular flexibility index (Phi) is 4.54. The van der Waals surface area contributed by atoms with E-state index < -0.39 is 0 Å². The molecule has 4 heteroatoms. The molecule has 0 radical (unpaired) electrons. The van der Waals surface area contributed by atoms with Gasteiger partial charge in [0.05, 0.1) is 12.0 Å². The van der Waals surface area contributed by atoms with E-state index >= 15 is 0 Å². The molecule has 1 heterocycles. The maximum Gasteiger partial charge on any atom is 0.223 e. The Morgan fingerprint density at radius 1 is 1.60 bits per heavy atom. The molecule has 0 bridgehead atoms. The highest BCUT2D eigenvalue weighted by Crippen LogP contribution is 2.13. The number of nitrogens with one attached hydrogen (secondary N) is 2. The summed E-state index contributed by atoms with van der Waals surface area (Å²) in [4.78, 5) is 11.7. The van der Waals surface area contributed by atoms with Gasteiger partial charge in [-0.15, -0.1) is 0 Å². The van der Waals surface area contributed by atoms with E-state index in [4.69, 9.17) is 4.74 Å². The van der Waals surface area contributed by atoms with E-state index in [1.807, 2.05) is 13.8 Å². The SMILES string of the molecule is COC(C)(C)CC(=O)N[C@H]1CCCNC1. The maximum atomic E-state index is 11.7. The van der Waals surface area contributed by atoms with Gasteiger partial charge >= 0.3 is 0 Å². The van der Waals surface area contributed by atoms with Crippen molar-refractivity contribution in [1.29, 1.82) is 0 Å². The average Bonchev–Trinajstić information content (AvgIpc) is 2.18. The fourth-order valence-electron chi connectivity index (χ4n) is 1.71. The van der Waals surface area contributed by atoms with Crippen LogP contribution in [0.4, 0.5) is 0 Å². The van der Waals surface area contributed by atoms with Crippen LogP contribution in [0.3, 0.4) is 0 Å². The lowest BCUT2D eigenvalue weighted by Crippen LogP contribution is -2.47. The second-order valence-corrected chi connectivity index (χ2v) is 4.75. The Balaban J connectivity index is 2.28. The smallest absolute Gasteiger partial charge is 0.223 e. The molecule has 88 valence electrons. The summed E-state index contributed by atoms with van der Waals surface area (Å²) in [5.74, 6) is 0.0792. The van der Waals surface area contributed by atoms with Crippen molar-refractivity contribution in [1.82, 2.24) is 10.6 Å². The fraction of sp³-hybridized carbons (Fsp3) is 0.909. The van der Waals surface area contributed by atoms with Gasteiger partial charge in [-0.1, -0.05) is 0 Å². The van der Waals surface area contributed by atoms with Gasteiger partial charge < -0.3 is 15.4 Å². The van der Waals surface area contributed by atoms with Gasteiger partial charge in [0.25, 0.3) is 0 Å². The van der Waals surface area contributed by atoms with Crippen LogP contribution in [0.5, 0.6) is 0 Å². The van der Waals surface area contributed by atoms with Crippen LogP contribution in [-0.2, 0) is 9.53 Å². The molecule has 1 saturated heterocycles. The minimum absolute atomic E-state index is 0.0792. The number of amides is 1. The lowest BCUT2D eigenvalue weighted by atomic mass is 10.0. The summed E-state index contributed by atoms with van der Waals surface area (Å²) < 4.78 is 5.22. The first-order chi connectivity index (χ1) is 7.03. The Hall–Kier alpha value is -0.610. The highest BCUT2D eigenvalue weighted by Gasteiger charge is 2.23. The number of hydrogen-bond donors (Lipinski definition) is 2. The largest absolute Gasteiger partial charge is 0.378 e. The Morgan fingerprint density at radius 3 is 2.87 bits per heavy atom. The normalized spacial score (nSPS) is 22.5. The first-order valence-electron chi connectivity index (χ1n) is 5.59. The van der Waals surface area contributed by atoms with Gasteiger partial charge in [0, 0.05) is 19.7 Å². The number of hydrogen-bond acceptors (Lipinski definition) is 3. The zero-order valence-corrected chi connectivity index (χ0v) is 9.93. The zero-order chi connectivity index (χ0) is 11.3. The molecule has 0 aromatic rings. The van der Waals surface area contributed by atoms with Crippen molar-refractivity contribution < 1.29 is 9.53 Å². The van der Waals surface area contributed by atoms with Crippen molar-refractivity contribution in [2.45, 2.75) is 44.8 Å². The van der Waals surface area contributed by atoms with Gasteiger partial charge in [-0.3, -0.25) is 4.79 Å². The molecule has 1 rings (SSSR count). The molecule has 1 aliphatic rings. The van der Waals surface area contributed by atoms with Crippen molar-refractivity contribution in [3.63, 3.8) is 0 Å². The highest BCUT2D eigenvalue weighted by molar-refractivity contribution is 5.77. The summed E-state index contributed by atoms with van der Waals surface area (Å²) in [7, 11) is 1.63. The number of carbonyl (C=O) groups is 1. The predicted molar refractivity (Wildman–Crippen MR) is 59.7 cm³/mol. The average molecular weight is 214 g/mol. The first-order valence-corrected chi connectivity index (χ1v) is 5.59. The summed E-state index contributed by atoms with van der Waals surface area (Å²) in [6, 6.07) is 0.291. The van der Waals surface area contributed by atoms with Crippen molar-refractivity contribution in [2.75, 3.05) is 20.2 Å². The zero-order valence-electron chi connectivity index (χ0n) is 9.93. The minimum Gasteiger partial charge on any atom is -0.378 e. The van der Waals surface area contributed by atoms with Crippen molar-refractivity contribution >= 4 is 5.91 Å². The monoisotopic (exact) mass is 214 g/mol. The van der Waals surface area contributed by atoms with Crippen LogP contribution in [0, 0.1) is 0 Å². The molecule has 0 spiro atoms. The van der Waals surface area contributed by atoms with Gasteiger partial charge in [-0.2, -0.15) is 0 Å². The van der Waals surface area contributed by atoms with Crippen LogP contribution in [-0.4, -0.2) is 37.7 Å². The summed E-state index contributed by atoms with van der Waals surface area (Å²) in [5.41, 5.74) is -0.369. The van der Waals surface area contributed by atoms with Crippen LogP contribution in [0.1, 0.15) is 33.1 Å². The van der Waals surface area contributed by atoms with E-state index in [1.54, 1.807) is 7.11 Å². The molecule has 0 aromatic heterocycles. The van der Waals surface area contributed by atoms with Crippen molar-refractivity contribution in [2.24, 2.45) is 0 Å². The molecule has 1 atom stereocenters. The summed E-state index contributed by atoms with van der Waals surface area (Å²) in [6.45, 7) is 5.80. The van der Waals surface area contributed by atoms with Crippen LogP contribution >= 0.6 is 0 Å². The lowest BCUT2D eigenvalue weighted by Gasteiger charge is -2.27. The Bertz CT molecular complexity index is 211. The van der Waals surface area contributed by atoms with Crippen LogP contribution < -0.4 is 10.6 Å². The summed E-state index contributed by atoms with van der Waals surface area (Å²) in [5, 5.41) is 6.30. The van der Waals surface area contributed by atoms with E-state index in [1.165, 1.54) is 0 Å². The molecule has 15 heavy (non-hydrogen) atoms. The third-order valence-corrected chi connectivity index (χ3v) is 2.80. The summed E-state index contributed by atoms with van der Waals surface area (Å²) >= 11 is 0. The molecule has 1 aliphatic heterocycles. The van der Waals surface area contributed by atoms with Gasteiger partial charge in [0.1, 0.15) is 0 Å². The van der Waals surface area contributed by atoms with Gasteiger partial charge in [0.15, 0.2) is 0 Å². The Morgan fingerprint density at radius 2 is 2.33 bits per heavy atom. The van der Waals surface area contributed by atoms with E-state index in [0.717, 1.165) is 25.9 Å². The van der Waals surface area contributed by atoms with Crippen LogP contribution in [0.2, 0.25) is 0 Å². The third kappa shape index (κ3) is 4.62. The molecule has 0 saturated carbocycles. The molecule has 0 aromatic carbocycles. The maximum absolute atomic E-state index is 11.7. The van der Waals surface area contributed by atoms with E-state index in [9.17, 15) is 4.79 Å². The third-order valence-electron chi connectivity index (χ3n) is 2.80. The van der Waals surface area contributed by atoms with Crippen LogP contribution in [0.15, 0.2) is 0 Å². The highest BCUT2D eigenvalue weighted by atomic mass is 16.5. The molecule has 2 N–H and O–H groups in total. The molecule has 0 aliphatic carbocycles. The number of ether oxygens (including phenoxy) is 1. The standard InChI is InChI=1S/C11H22N2O2/c1-11(2,15-3)7-10(14)13-9-5-4-6-12-8-9/h9,12H,4-8H2,1-3H3,(H,13,14)/t9-/m0/s1. The van der Waals surface area contributed by atoms with E-state index in [2.05, 4.69) is 10.6 Å². The first kappa shape index (κ1) is 12.5. The molecular weight excluding hydrogens is 192 g/mol. The number of piperidine rings is 1. The van der Waals surface area contributed by atoms with Crippen molar-refractivity contribution in [3.05, 3.63) is 0 Å². The number of carbonyl (C=O) groups excluding carboxylic acids is 1. The van der Waals surface area contributed by atoms with Crippen molar-refractivity contribution in [3.8, 4) is 0 Å². The topological polar surface area (TPSA) is 50.4 Å². The van der Waals surface area contributed by atoms with Gasteiger partial charge in [-0.25, -0.2) is 0 Å². The minimum atomic E-state index is -0.369. The molecule has 0 unspecified atom stereocenters. The quantitative estimate of drug-likeness (QED) is 0.723. The van der Waals surface area contributed by atoms with Gasteiger partial charge in [-0.05, 0) is 33.2 Å². The molecule has 4 nitrogen and oxygen atoms in total. The molecule has 1 amide bonds.